The fourth-order valence-electron chi connectivity index (χ4n) is 2.80. The number of urea groups is 1. The Kier molecular flexibility index (Phi) is 5.90. The summed E-state index contributed by atoms with van der Waals surface area (Å²) in [6, 6.07) is -0.684. The Morgan fingerprint density at radius 1 is 1.45 bits per heavy atom. The van der Waals surface area contributed by atoms with Crippen LogP contribution in [0.4, 0.5) is 9.59 Å². The first-order valence-electron chi connectivity index (χ1n) is 7.23. The summed E-state index contributed by atoms with van der Waals surface area (Å²) in [6.45, 7) is -0.246. The van der Waals surface area contributed by atoms with Crippen LogP contribution in [-0.4, -0.2) is 59.9 Å². The first kappa shape index (κ1) is 16.9. The topological polar surface area (TPSA) is 111 Å². The van der Waals surface area contributed by atoms with E-state index in [-0.39, 0.29) is 30.0 Å². The predicted molar refractivity (Wildman–Crippen MR) is 80.2 cm³/mol. The van der Waals surface area contributed by atoms with Gasteiger partial charge in [0.25, 0.3) is 0 Å². The van der Waals surface area contributed by atoms with E-state index in [1.807, 2.05) is 0 Å². The fourth-order valence-corrected chi connectivity index (χ4v) is 4.39. The summed E-state index contributed by atoms with van der Waals surface area (Å²) in [7, 11) is 1.38. The minimum atomic E-state index is -0.695. The van der Waals surface area contributed by atoms with E-state index in [0.717, 1.165) is 24.2 Å². The maximum atomic E-state index is 11.9. The Morgan fingerprint density at radius 3 is 2.91 bits per heavy atom. The van der Waals surface area contributed by atoms with Crippen LogP contribution in [0.25, 0.3) is 0 Å². The number of rotatable bonds is 6. The van der Waals surface area contributed by atoms with Crippen molar-refractivity contribution in [2.75, 3.05) is 19.6 Å². The van der Waals surface area contributed by atoms with Crippen LogP contribution in [0.5, 0.6) is 0 Å². The van der Waals surface area contributed by atoms with Gasteiger partial charge >= 0.3 is 18.1 Å². The maximum Gasteiger partial charge on any atom is 0.419 e. The van der Waals surface area contributed by atoms with Gasteiger partial charge in [-0.1, -0.05) is 6.42 Å². The third-order valence-corrected chi connectivity index (χ3v) is 5.38. The van der Waals surface area contributed by atoms with Crippen molar-refractivity contribution < 1.29 is 23.9 Å². The maximum absolute atomic E-state index is 11.9. The molecule has 0 aliphatic carbocycles. The van der Waals surface area contributed by atoms with Crippen molar-refractivity contribution in [1.29, 1.82) is 0 Å². The van der Waals surface area contributed by atoms with Gasteiger partial charge in [-0.05, 0) is 12.8 Å². The average Bonchev–Trinajstić information content (AvgIpc) is 3.01. The Labute approximate surface area is 133 Å². The molecule has 2 aliphatic heterocycles. The zero-order valence-electron chi connectivity index (χ0n) is 12.4. The number of carbonyl (C=O) groups excluding carboxylic acids is 3. The van der Waals surface area contributed by atoms with Gasteiger partial charge in [-0.2, -0.15) is 11.8 Å². The van der Waals surface area contributed by atoms with Crippen LogP contribution >= 0.6 is 11.8 Å². The lowest BCUT2D eigenvalue weighted by Gasteiger charge is -2.19. The van der Waals surface area contributed by atoms with E-state index in [2.05, 4.69) is 10.1 Å². The molecule has 0 saturated carbocycles. The smallest absolute Gasteiger partial charge is 0.419 e. The zero-order valence-corrected chi connectivity index (χ0v) is 13.3. The molecular weight excluding hydrogens is 310 g/mol. The summed E-state index contributed by atoms with van der Waals surface area (Å²) in [5, 5.41) is 3.09. The SMILES string of the molecule is COC(=O)CCCCC1SCC2C1NC(=O)N2C(=O)OCN. The number of hydrogen-bond donors (Lipinski definition) is 2. The molecule has 0 spiro atoms. The van der Waals surface area contributed by atoms with Crippen molar-refractivity contribution in [3.05, 3.63) is 0 Å². The molecular formula is C13H21N3O5S. The van der Waals surface area contributed by atoms with Gasteiger partial charge in [0.05, 0.1) is 19.2 Å². The van der Waals surface area contributed by atoms with Crippen LogP contribution in [0.15, 0.2) is 0 Å². The molecule has 9 heteroatoms. The van der Waals surface area contributed by atoms with E-state index in [4.69, 9.17) is 10.5 Å². The summed E-state index contributed by atoms with van der Waals surface area (Å²) in [6.07, 6.45) is 2.22. The van der Waals surface area contributed by atoms with Gasteiger partial charge in [0.1, 0.15) is 6.73 Å². The molecule has 3 unspecified atom stereocenters. The monoisotopic (exact) mass is 331 g/mol. The Bertz CT molecular complexity index is 447. The molecule has 3 N–H and O–H groups in total. The van der Waals surface area contributed by atoms with E-state index in [0.29, 0.717) is 12.2 Å². The lowest BCUT2D eigenvalue weighted by molar-refractivity contribution is -0.140. The minimum absolute atomic E-state index is 0.0686. The van der Waals surface area contributed by atoms with Crippen molar-refractivity contribution in [3.63, 3.8) is 0 Å². The van der Waals surface area contributed by atoms with Crippen molar-refractivity contribution in [3.8, 4) is 0 Å². The second-order valence-electron chi connectivity index (χ2n) is 5.18. The lowest BCUT2D eigenvalue weighted by atomic mass is 10.0. The third kappa shape index (κ3) is 3.64. The number of esters is 1. The predicted octanol–water partition coefficient (Wildman–Crippen LogP) is 0.650. The second kappa shape index (κ2) is 7.68. The highest BCUT2D eigenvalue weighted by Crippen LogP contribution is 2.37. The molecule has 2 fully saturated rings. The number of amides is 3. The number of imide groups is 1. The number of ether oxygens (including phenoxy) is 2. The molecule has 2 rings (SSSR count). The van der Waals surface area contributed by atoms with E-state index in [9.17, 15) is 14.4 Å². The standard InChI is InChI=1S/C13H21N3O5S/c1-20-10(17)5-3-2-4-9-11-8(6-22-9)16(12(18)15-11)13(19)21-7-14/h8-9,11H,2-7,14H2,1H3,(H,15,18). The molecule has 2 heterocycles. The van der Waals surface area contributed by atoms with Crippen LogP contribution in [0.3, 0.4) is 0 Å². The number of fused-ring (bicyclic) bond motifs is 1. The molecule has 0 aromatic rings. The number of nitrogens with two attached hydrogens (primary N) is 1. The van der Waals surface area contributed by atoms with Gasteiger partial charge < -0.3 is 14.8 Å². The summed E-state index contributed by atoms with van der Waals surface area (Å²) in [5.41, 5.74) is 5.18. The van der Waals surface area contributed by atoms with Crippen molar-refractivity contribution in [2.24, 2.45) is 5.73 Å². The number of methoxy groups -OCH3 is 1. The number of nitrogens with one attached hydrogen (secondary N) is 1. The van der Waals surface area contributed by atoms with Crippen LogP contribution in [0.2, 0.25) is 0 Å². The quantitative estimate of drug-likeness (QED) is 0.318. The molecule has 0 radical (unpaired) electrons. The van der Waals surface area contributed by atoms with E-state index in [1.165, 1.54) is 7.11 Å². The molecule has 0 aromatic heterocycles. The van der Waals surface area contributed by atoms with Gasteiger partial charge in [0.15, 0.2) is 0 Å². The number of carbonyl (C=O) groups is 3. The van der Waals surface area contributed by atoms with Gasteiger partial charge in [0, 0.05) is 17.4 Å². The van der Waals surface area contributed by atoms with Crippen molar-refractivity contribution >= 4 is 29.9 Å². The van der Waals surface area contributed by atoms with E-state index in [1.54, 1.807) is 11.8 Å². The molecule has 124 valence electrons. The first-order chi connectivity index (χ1) is 10.6. The fraction of sp³-hybridized carbons (Fsp3) is 0.769. The molecule has 3 amide bonds. The highest BCUT2D eigenvalue weighted by Gasteiger charge is 2.50. The number of thioether (sulfide) groups is 1. The summed E-state index contributed by atoms with van der Waals surface area (Å²) >= 11 is 1.73. The van der Waals surface area contributed by atoms with Gasteiger partial charge in [-0.3, -0.25) is 10.5 Å². The molecule has 0 bridgehead atoms. The van der Waals surface area contributed by atoms with Crippen LogP contribution in [0, 0.1) is 0 Å². The second-order valence-corrected chi connectivity index (χ2v) is 6.46. The molecule has 0 aromatic carbocycles. The van der Waals surface area contributed by atoms with Gasteiger partial charge in [-0.15, -0.1) is 0 Å². The van der Waals surface area contributed by atoms with Gasteiger partial charge in [-0.25, -0.2) is 14.5 Å². The number of nitrogens with zero attached hydrogens (tertiary/aromatic N) is 1. The van der Waals surface area contributed by atoms with Crippen LogP contribution in [0.1, 0.15) is 25.7 Å². The van der Waals surface area contributed by atoms with E-state index >= 15 is 0 Å². The number of hydrogen-bond acceptors (Lipinski definition) is 7. The Hall–Kier alpha value is -1.48. The first-order valence-corrected chi connectivity index (χ1v) is 8.28. The van der Waals surface area contributed by atoms with Gasteiger partial charge in [0.2, 0.25) is 0 Å². The van der Waals surface area contributed by atoms with Crippen LogP contribution in [-0.2, 0) is 14.3 Å². The third-order valence-electron chi connectivity index (χ3n) is 3.89. The molecule has 2 aliphatic rings. The summed E-state index contributed by atoms with van der Waals surface area (Å²) in [5.74, 6) is 0.479. The lowest BCUT2D eigenvalue weighted by Crippen LogP contribution is -2.42. The normalized spacial score (nSPS) is 26.5. The Balaban J connectivity index is 1.82. The molecule has 3 atom stereocenters. The summed E-state index contributed by atoms with van der Waals surface area (Å²) in [4.78, 5) is 35.9. The molecule has 8 nitrogen and oxygen atoms in total. The minimum Gasteiger partial charge on any atom is -0.469 e. The Morgan fingerprint density at radius 2 is 2.23 bits per heavy atom. The van der Waals surface area contributed by atoms with Crippen LogP contribution < -0.4 is 11.1 Å². The zero-order chi connectivity index (χ0) is 16.1. The summed E-state index contributed by atoms with van der Waals surface area (Å²) < 4.78 is 9.32. The number of unbranched alkanes of at least 4 members (excludes halogenated alkanes) is 1. The van der Waals surface area contributed by atoms with Crippen molar-refractivity contribution in [1.82, 2.24) is 10.2 Å². The average molecular weight is 331 g/mol. The largest absolute Gasteiger partial charge is 0.469 e. The van der Waals surface area contributed by atoms with E-state index < -0.39 is 12.1 Å². The molecule has 2 saturated heterocycles. The molecule has 22 heavy (non-hydrogen) atoms. The highest BCUT2D eigenvalue weighted by atomic mass is 32.2. The highest BCUT2D eigenvalue weighted by molar-refractivity contribution is 8.00. The van der Waals surface area contributed by atoms with Crippen molar-refractivity contribution in [2.45, 2.75) is 43.0 Å².